The van der Waals surface area contributed by atoms with Crippen LogP contribution in [-0.4, -0.2) is 28.8 Å². The summed E-state index contributed by atoms with van der Waals surface area (Å²) in [7, 11) is 0. The van der Waals surface area contributed by atoms with Crippen LogP contribution in [0.3, 0.4) is 0 Å². The molecule has 0 radical (unpaired) electrons. The fourth-order valence-electron chi connectivity index (χ4n) is 3.25. The van der Waals surface area contributed by atoms with Crippen LogP contribution >= 0.6 is 0 Å². The van der Waals surface area contributed by atoms with Crippen LogP contribution in [0.5, 0.6) is 0 Å². The largest absolute Gasteiger partial charge is 0.328 e. The summed E-state index contributed by atoms with van der Waals surface area (Å²) >= 11 is 0. The number of imide groups is 1. The second-order valence-corrected chi connectivity index (χ2v) is 6.71. The first-order valence-corrected chi connectivity index (χ1v) is 6.90. The highest BCUT2D eigenvalue weighted by atomic mass is 16.2. The number of hydrogen-bond donors (Lipinski definition) is 1. The molecule has 0 aromatic heterocycles. The van der Waals surface area contributed by atoms with Crippen molar-refractivity contribution in [3.63, 3.8) is 0 Å². The van der Waals surface area contributed by atoms with Crippen molar-refractivity contribution in [2.24, 2.45) is 17.1 Å². The van der Waals surface area contributed by atoms with E-state index in [9.17, 15) is 9.59 Å². The molecule has 1 heterocycles. The van der Waals surface area contributed by atoms with Crippen molar-refractivity contribution in [2.75, 3.05) is 6.54 Å². The molecule has 18 heavy (non-hydrogen) atoms. The van der Waals surface area contributed by atoms with Gasteiger partial charge in [0.15, 0.2) is 0 Å². The van der Waals surface area contributed by atoms with Gasteiger partial charge in [-0.2, -0.15) is 0 Å². The molecule has 2 N–H and O–H groups in total. The summed E-state index contributed by atoms with van der Waals surface area (Å²) in [4.78, 5) is 26.1. The van der Waals surface area contributed by atoms with Gasteiger partial charge >= 0.3 is 0 Å². The van der Waals surface area contributed by atoms with E-state index in [-0.39, 0.29) is 11.8 Å². The predicted molar refractivity (Wildman–Crippen MR) is 69.7 cm³/mol. The molecule has 102 valence electrons. The lowest BCUT2D eigenvalue weighted by Crippen LogP contribution is -2.58. The maximum atomic E-state index is 12.4. The fraction of sp³-hybridized carbons (Fsp3) is 0.857. The van der Waals surface area contributed by atoms with E-state index in [1.54, 1.807) is 0 Å². The molecule has 0 aromatic carbocycles. The van der Waals surface area contributed by atoms with Gasteiger partial charge in [0.05, 0.1) is 11.0 Å². The lowest BCUT2D eigenvalue weighted by Gasteiger charge is -2.44. The second kappa shape index (κ2) is 4.34. The Labute approximate surface area is 109 Å². The number of rotatable bonds is 2. The number of nitrogens with two attached hydrogens (primary N) is 1. The third-order valence-corrected chi connectivity index (χ3v) is 4.68. The smallest absolute Gasteiger partial charge is 0.235 e. The van der Waals surface area contributed by atoms with Gasteiger partial charge in [-0.3, -0.25) is 14.5 Å². The highest BCUT2D eigenvalue weighted by Crippen LogP contribution is 2.42. The molecule has 0 bridgehead atoms. The van der Waals surface area contributed by atoms with Gasteiger partial charge in [-0.15, -0.1) is 0 Å². The van der Waals surface area contributed by atoms with Crippen molar-refractivity contribution in [3.05, 3.63) is 0 Å². The summed E-state index contributed by atoms with van der Waals surface area (Å²) in [5.41, 5.74) is 4.97. The normalized spacial score (nSPS) is 36.2. The Hall–Kier alpha value is -0.900. The fourth-order valence-corrected chi connectivity index (χ4v) is 3.25. The zero-order valence-corrected chi connectivity index (χ0v) is 11.7. The zero-order valence-electron chi connectivity index (χ0n) is 11.7. The summed E-state index contributed by atoms with van der Waals surface area (Å²) in [6.07, 6.45) is 4.14. The van der Waals surface area contributed by atoms with Crippen LogP contribution < -0.4 is 5.73 Å². The minimum atomic E-state index is -0.553. The predicted octanol–water partition coefficient (Wildman–Crippen LogP) is 1.68. The number of amides is 2. The number of hydrogen-bond acceptors (Lipinski definition) is 3. The van der Waals surface area contributed by atoms with E-state index in [0.29, 0.717) is 18.9 Å². The van der Waals surface area contributed by atoms with Crippen molar-refractivity contribution in [3.8, 4) is 0 Å². The Morgan fingerprint density at radius 2 is 1.83 bits per heavy atom. The SMILES string of the molecule is CC1CCC(CN)(N2C(=O)CC(C)(C)C2=O)CC1. The van der Waals surface area contributed by atoms with Crippen LogP contribution in [0, 0.1) is 11.3 Å². The van der Waals surface area contributed by atoms with Gasteiger partial charge < -0.3 is 5.73 Å². The maximum absolute atomic E-state index is 12.4. The van der Waals surface area contributed by atoms with Gasteiger partial charge in [-0.25, -0.2) is 0 Å². The maximum Gasteiger partial charge on any atom is 0.235 e. The quantitative estimate of drug-likeness (QED) is 0.760. The molecule has 4 heteroatoms. The third-order valence-electron chi connectivity index (χ3n) is 4.68. The Balaban J connectivity index is 2.28. The van der Waals surface area contributed by atoms with Gasteiger partial charge in [0.2, 0.25) is 11.8 Å². The second-order valence-electron chi connectivity index (χ2n) is 6.71. The monoisotopic (exact) mass is 252 g/mol. The van der Waals surface area contributed by atoms with Crippen molar-refractivity contribution < 1.29 is 9.59 Å². The molecule has 1 saturated heterocycles. The van der Waals surface area contributed by atoms with E-state index >= 15 is 0 Å². The van der Waals surface area contributed by atoms with E-state index in [4.69, 9.17) is 5.73 Å². The van der Waals surface area contributed by atoms with E-state index in [2.05, 4.69) is 6.92 Å². The summed E-state index contributed by atoms with van der Waals surface area (Å²) in [6.45, 7) is 6.32. The van der Waals surface area contributed by atoms with E-state index in [1.807, 2.05) is 13.8 Å². The molecule has 0 spiro atoms. The van der Waals surface area contributed by atoms with Crippen molar-refractivity contribution in [2.45, 2.75) is 58.4 Å². The summed E-state index contributed by atoms with van der Waals surface area (Å²) < 4.78 is 0. The summed E-state index contributed by atoms with van der Waals surface area (Å²) in [5, 5.41) is 0. The first-order valence-electron chi connectivity index (χ1n) is 6.90. The molecule has 1 aliphatic heterocycles. The van der Waals surface area contributed by atoms with Gasteiger partial charge in [0.1, 0.15) is 0 Å². The first kappa shape index (κ1) is 13.5. The molecular formula is C14H24N2O2. The molecular weight excluding hydrogens is 228 g/mol. The van der Waals surface area contributed by atoms with Crippen LogP contribution in [-0.2, 0) is 9.59 Å². The Morgan fingerprint density at radius 3 is 2.22 bits per heavy atom. The van der Waals surface area contributed by atoms with E-state index < -0.39 is 11.0 Å². The van der Waals surface area contributed by atoms with Crippen molar-refractivity contribution in [1.29, 1.82) is 0 Å². The number of carbonyl (C=O) groups excluding carboxylic acids is 2. The van der Waals surface area contributed by atoms with Crippen molar-refractivity contribution in [1.82, 2.24) is 4.90 Å². The molecule has 0 aromatic rings. The minimum Gasteiger partial charge on any atom is -0.328 e. The average Bonchev–Trinajstić information content (AvgIpc) is 2.51. The average molecular weight is 252 g/mol. The van der Waals surface area contributed by atoms with Gasteiger partial charge in [0, 0.05) is 13.0 Å². The number of nitrogens with zero attached hydrogens (tertiary/aromatic N) is 1. The highest BCUT2D eigenvalue weighted by molar-refractivity contribution is 6.06. The van der Waals surface area contributed by atoms with Gasteiger partial charge in [-0.05, 0) is 31.6 Å². The minimum absolute atomic E-state index is 0.0347. The van der Waals surface area contributed by atoms with Crippen LogP contribution in [0.15, 0.2) is 0 Å². The molecule has 2 fully saturated rings. The first-order chi connectivity index (χ1) is 8.32. The van der Waals surface area contributed by atoms with Gasteiger partial charge in [0.25, 0.3) is 0 Å². The number of likely N-dealkylation sites (tertiary alicyclic amines) is 1. The molecule has 2 aliphatic rings. The molecule has 0 atom stereocenters. The molecule has 1 aliphatic carbocycles. The van der Waals surface area contributed by atoms with E-state index in [1.165, 1.54) is 4.90 Å². The molecule has 2 rings (SSSR count). The van der Waals surface area contributed by atoms with E-state index in [0.717, 1.165) is 25.7 Å². The third kappa shape index (κ3) is 1.96. The van der Waals surface area contributed by atoms with Crippen LogP contribution in [0.25, 0.3) is 0 Å². The summed E-state index contributed by atoms with van der Waals surface area (Å²) in [6, 6.07) is 0. The zero-order chi connectivity index (χ0) is 13.6. The van der Waals surface area contributed by atoms with Crippen LogP contribution in [0.1, 0.15) is 52.9 Å². The Bertz CT molecular complexity index is 368. The lowest BCUT2D eigenvalue weighted by molar-refractivity contribution is -0.149. The molecule has 4 nitrogen and oxygen atoms in total. The van der Waals surface area contributed by atoms with Gasteiger partial charge in [-0.1, -0.05) is 20.8 Å². The molecule has 0 unspecified atom stereocenters. The van der Waals surface area contributed by atoms with Crippen LogP contribution in [0.2, 0.25) is 0 Å². The molecule has 2 amide bonds. The Morgan fingerprint density at radius 1 is 1.28 bits per heavy atom. The van der Waals surface area contributed by atoms with Crippen molar-refractivity contribution >= 4 is 11.8 Å². The summed E-state index contributed by atoms with van der Waals surface area (Å²) in [5.74, 6) is 0.600. The molecule has 1 saturated carbocycles. The number of carbonyl (C=O) groups is 2. The lowest BCUT2D eigenvalue weighted by atomic mass is 9.76. The highest BCUT2D eigenvalue weighted by Gasteiger charge is 2.53. The Kier molecular flexibility index (Phi) is 3.26. The van der Waals surface area contributed by atoms with Crippen LogP contribution in [0.4, 0.5) is 0 Å². The topological polar surface area (TPSA) is 63.4 Å². The standard InChI is InChI=1S/C14H24N2O2/c1-10-4-6-14(9-15,7-5-10)16-11(17)8-13(2,3)12(16)18/h10H,4-9,15H2,1-3H3.